The predicted molar refractivity (Wildman–Crippen MR) is 106 cm³/mol. The molecule has 2 aromatic rings. The van der Waals surface area contributed by atoms with Gasteiger partial charge in [-0.15, -0.1) is 0 Å². The normalized spacial score (nSPS) is 19.2. The summed E-state index contributed by atoms with van der Waals surface area (Å²) in [4.78, 5) is 14.1. The van der Waals surface area contributed by atoms with E-state index in [1.54, 1.807) is 4.90 Å². The molecule has 9 heteroatoms. The van der Waals surface area contributed by atoms with Gasteiger partial charge in [0.05, 0.1) is 5.56 Å². The van der Waals surface area contributed by atoms with Crippen molar-refractivity contribution < 1.29 is 31.8 Å². The molecule has 5 nitrogen and oxygen atoms in total. The Morgan fingerprint density at radius 1 is 1.10 bits per heavy atom. The van der Waals surface area contributed by atoms with E-state index in [9.17, 15) is 22.4 Å². The number of hydrogen-bond acceptors (Lipinski definition) is 4. The maximum atomic E-state index is 14.2. The molecule has 0 saturated carbocycles. The first kappa shape index (κ1) is 22.9. The minimum Gasteiger partial charge on any atom is -0.489 e. The topological polar surface area (TPSA) is 50.8 Å². The second-order valence-corrected chi connectivity index (χ2v) is 7.56. The first-order chi connectivity index (χ1) is 14.6. The number of alkyl halides is 3. The van der Waals surface area contributed by atoms with Crippen LogP contribution in [0.25, 0.3) is 0 Å². The van der Waals surface area contributed by atoms with Gasteiger partial charge in [-0.3, -0.25) is 0 Å². The molecule has 1 heterocycles. The van der Waals surface area contributed by atoms with Gasteiger partial charge in [0.1, 0.15) is 24.8 Å². The zero-order valence-corrected chi connectivity index (χ0v) is 17.2. The van der Waals surface area contributed by atoms with Crippen molar-refractivity contribution in [3.63, 3.8) is 0 Å². The Bertz CT molecular complexity index is 910. The van der Waals surface area contributed by atoms with Gasteiger partial charge in [-0.05, 0) is 49.7 Å². The highest BCUT2D eigenvalue weighted by atomic mass is 19.4. The average Bonchev–Trinajstić information content (AvgIpc) is 2.71. The Morgan fingerprint density at radius 2 is 1.81 bits per heavy atom. The minimum atomic E-state index is -4.44. The molecule has 0 bridgehead atoms. The number of carbonyl (C=O) groups excluding carboxylic acids is 1. The van der Waals surface area contributed by atoms with Gasteiger partial charge < -0.3 is 19.7 Å². The number of amides is 1. The Balaban J connectivity index is 1.62. The number of rotatable bonds is 5. The van der Waals surface area contributed by atoms with Gasteiger partial charge in [-0.25, -0.2) is 9.18 Å². The molecule has 1 N–H and O–H groups in total. The first-order valence-corrected chi connectivity index (χ1v) is 9.88. The van der Waals surface area contributed by atoms with E-state index in [2.05, 4.69) is 5.32 Å². The van der Waals surface area contributed by atoms with Crippen LogP contribution in [0.2, 0.25) is 0 Å². The van der Waals surface area contributed by atoms with Crippen molar-refractivity contribution in [2.24, 2.45) is 0 Å². The molecule has 1 aliphatic rings. The summed E-state index contributed by atoms with van der Waals surface area (Å²) in [6.45, 7) is 4.68. The van der Waals surface area contributed by atoms with Crippen LogP contribution < -0.4 is 10.1 Å². The van der Waals surface area contributed by atoms with Crippen molar-refractivity contribution in [1.29, 1.82) is 0 Å². The first-order valence-electron chi connectivity index (χ1n) is 9.88. The predicted octanol–water partition coefficient (Wildman–Crippen LogP) is 4.74. The van der Waals surface area contributed by atoms with E-state index in [0.717, 1.165) is 12.1 Å². The van der Waals surface area contributed by atoms with Crippen molar-refractivity contribution in [2.75, 3.05) is 13.1 Å². The highest BCUT2D eigenvalue weighted by Crippen LogP contribution is 2.30. The molecule has 0 spiro atoms. The smallest absolute Gasteiger partial charge is 0.416 e. The third-order valence-electron chi connectivity index (χ3n) is 5.07. The van der Waals surface area contributed by atoms with Crippen LogP contribution in [-0.2, 0) is 24.1 Å². The standard InChI is InChI=1S/C22H24F4N2O3/c1-14-10-27-11-15(2)28(14)21(29)31-13-17-9-19(6-7-20(17)23)30-12-16-4-3-5-18(8-16)22(24,25)26/h3-9,14-15,27H,10-13H2,1-2H3. The number of carbonyl (C=O) groups is 1. The van der Waals surface area contributed by atoms with Crippen molar-refractivity contribution in [3.05, 3.63) is 65.0 Å². The van der Waals surface area contributed by atoms with Crippen molar-refractivity contribution in [1.82, 2.24) is 10.2 Å². The van der Waals surface area contributed by atoms with Gasteiger partial charge in [0.2, 0.25) is 0 Å². The Morgan fingerprint density at radius 3 is 2.48 bits per heavy atom. The highest BCUT2D eigenvalue weighted by molar-refractivity contribution is 5.68. The molecule has 1 amide bonds. The quantitative estimate of drug-likeness (QED) is 0.683. The summed E-state index contributed by atoms with van der Waals surface area (Å²) >= 11 is 0. The molecule has 1 aliphatic heterocycles. The summed E-state index contributed by atoms with van der Waals surface area (Å²) in [5, 5.41) is 3.21. The molecule has 3 rings (SSSR count). The number of piperazine rings is 1. The molecule has 168 valence electrons. The van der Waals surface area contributed by atoms with Gasteiger partial charge in [-0.2, -0.15) is 13.2 Å². The number of nitrogens with zero attached hydrogens (tertiary/aromatic N) is 1. The fraction of sp³-hybridized carbons (Fsp3) is 0.409. The SMILES string of the molecule is CC1CNCC(C)N1C(=O)OCc1cc(OCc2cccc(C(F)(F)F)c2)ccc1F. The lowest BCUT2D eigenvalue weighted by atomic mass is 10.1. The van der Waals surface area contributed by atoms with E-state index >= 15 is 0 Å². The summed E-state index contributed by atoms with van der Waals surface area (Å²) in [5.41, 5.74) is -0.323. The van der Waals surface area contributed by atoms with Crippen molar-refractivity contribution in [2.45, 2.75) is 45.3 Å². The molecule has 31 heavy (non-hydrogen) atoms. The van der Waals surface area contributed by atoms with Gasteiger partial charge in [0, 0.05) is 30.7 Å². The van der Waals surface area contributed by atoms with Crippen LogP contribution in [0.15, 0.2) is 42.5 Å². The van der Waals surface area contributed by atoms with Crippen LogP contribution >= 0.6 is 0 Å². The van der Waals surface area contributed by atoms with E-state index in [-0.39, 0.29) is 36.6 Å². The lowest BCUT2D eigenvalue weighted by Crippen LogP contribution is -2.57. The van der Waals surface area contributed by atoms with Crippen LogP contribution in [0.4, 0.5) is 22.4 Å². The van der Waals surface area contributed by atoms with Crippen LogP contribution in [0.1, 0.15) is 30.5 Å². The number of nitrogens with one attached hydrogen (secondary N) is 1. The van der Waals surface area contributed by atoms with Gasteiger partial charge in [-0.1, -0.05) is 12.1 Å². The third-order valence-corrected chi connectivity index (χ3v) is 5.07. The zero-order valence-electron chi connectivity index (χ0n) is 17.2. The minimum absolute atomic E-state index is 0.0526. The van der Waals surface area contributed by atoms with E-state index in [4.69, 9.17) is 9.47 Å². The zero-order chi connectivity index (χ0) is 22.6. The summed E-state index contributed by atoms with van der Waals surface area (Å²) in [6.07, 6.45) is -4.97. The molecular weight excluding hydrogens is 416 g/mol. The van der Waals surface area contributed by atoms with Gasteiger partial charge in [0.15, 0.2) is 0 Å². The maximum Gasteiger partial charge on any atom is 0.416 e. The van der Waals surface area contributed by atoms with Crippen LogP contribution in [0, 0.1) is 5.82 Å². The molecule has 0 aromatic heterocycles. The van der Waals surface area contributed by atoms with E-state index in [1.165, 1.54) is 30.3 Å². The van der Waals surface area contributed by atoms with Crippen molar-refractivity contribution in [3.8, 4) is 5.75 Å². The molecule has 2 aromatic carbocycles. The summed E-state index contributed by atoms with van der Waals surface area (Å²) in [7, 11) is 0. The summed E-state index contributed by atoms with van der Waals surface area (Å²) in [5.74, 6) is -0.311. The average molecular weight is 440 g/mol. The van der Waals surface area contributed by atoms with Crippen LogP contribution in [0.3, 0.4) is 0 Å². The number of halogens is 4. The van der Waals surface area contributed by atoms with E-state index < -0.39 is 23.7 Å². The van der Waals surface area contributed by atoms with E-state index in [1.807, 2.05) is 13.8 Å². The lowest BCUT2D eigenvalue weighted by Gasteiger charge is -2.38. The van der Waals surface area contributed by atoms with Crippen molar-refractivity contribution >= 4 is 6.09 Å². The van der Waals surface area contributed by atoms with Gasteiger partial charge >= 0.3 is 12.3 Å². The molecule has 1 fully saturated rings. The number of ether oxygens (including phenoxy) is 2. The molecule has 2 unspecified atom stereocenters. The Hall–Kier alpha value is -2.81. The Labute approximate surface area is 177 Å². The summed E-state index contributed by atoms with van der Waals surface area (Å²) < 4.78 is 63.5. The number of benzene rings is 2. The monoisotopic (exact) mass is 440 g/mol. The second-order valence-electron chi connectivity index (χ2n) is 7.56. The van der Waals surface area contributed by atoms with Gasteiger partial charge in [0.25, 0.3) is 0 Å². The highest BCUT2D eigenvalue weighted by Gasteiger charge is 2.31. The lowest BCUT2D eigenvalue weighted by molar-refractivity contribution is -0.137. The fourth-order valence-electron chi connectivity index (χ4n) is 3.46. The molecule has 1 saturated heterocycles. The molecular formula is C22H24F4N2O3. The van der Waals surface area contributed by atoms with Crippen LogP contribution in [0.5, 0.6) is 5.75 Å². The van der Waals surface area contributed by atoms with Crippen LogP contribution in [-0.4, -0.2) is 36.2 Å². The summed E-state index contributed by atoms with van der Waals surface area (Å²) in [6, 6.07) is 8.60. The Kier molecular flexibility index (Phi) is 7.04. The second kappa shape index (κ2) is 9.55. The third kappa shape index (κ3) is 5.88. The molecule has 0 radical (unpaired) electrons. The molecule has 0 aliphatic carbocycles. The molecule has 2 atom stereocenters. The number of hydrogen-bond donors (Lipinski definition) is 1. The maximum absolute atomic E-state index is 14.2. The fourth-order valence-corrected chi connectivity index (χ4v) is 3.46. The van der Waals surface area contributed by atoms with E-state index in [0.29, 0.717) is 18.7 Å². The largest absolute Gasteiger partial charge is 0.489 e.